The number of methoxy groups -OCH3 is 1. The van der Waals surface area contributed by atoms with Gasteiger partial charge in [-0.05, 0) is 43.4 Å². The van der Waals surface area contributed by atoms with Crippen LogP contribution in [0.15, 0.2) is 12.2 Å². The van der Waals surface area contributed by atoms with Gasteiger partial charge in [0.05, 0.1) is 6.61 Å². The Labute approximate surface area is 86.5 Å². The molecule has 0 aromatic heterocycles. The molecule has 0 heterocycles. The van der Waals surface area contributed by atoms with Crippen molar-refractivity contribution in [1.82, 2.24) is 0 Å². The zero-order chi connectivity index (χ0) is 9.97. The highest BCUT2D eigenvalue weighted by molar-refractivity contribution is 5.05. The Bertz CT molecular complexity index is 194. The monoisotopic (exact) mass is 195 g/mol. The van der Waals surface area contributed by atoms with Crippen LogP contribution in [0.1, 0.15) is 25.7 Å². The Morgan fingerprint density at radius 3 is 2.21 bits per heavy atom. The molecule has 0 aromatic carbocycles. The van der Waals surface area contributed by atoms with E-state index in [0.717, 1.165) is 17.8 Å². The molecule has 0 spiro atoms. The molecule has 14 heavy (non-hydrogen) atoms. The molecule has 0 aromatic rings. The topological polar surface area (TPSA) is 35.2 Å². The van der Waals surface area contributed by atoms with E-state index in [1.54, 1.807) is 7.11 Å². The van der Waals surface area contributed by atoms with Gasteiger partial charge in [-0.25, -0.2) is 0 Å². The lowest BCUT2D eigenvalue weighted by molar-refractivity contribution is 0.192. The molecule has 2 aliphatic carbocycles. The standard InChI is InChI=1S/C12H21NO/c1-14-8-11(13)6-7-12(9-2-3-9)10-4-5-10/h6-7,9-12H,2-5,8,13H2,1H3/b7-6+. The summed E-state index contributed by atoms with van der Waals surface area (Å²) in [7, 11) is 1.70. The summed E-state index contributed by atoms with van der Waals surface area (Å²) < 4.78 is 5.01. The van der Waals surface area contributed by atoms with Crippen molar-refractivity contribution < 1.29 is 4.74 Å². The molecule has 80 valence electrons. The lowest BCUT2D eigenvalue weighted by Crippen LogP contribution is -2.23. The average molecular weight is 195 g/mol. The molecule has 2 nitrogen and oxygen atoms in total. The Morgan fingerprint density at radius 2 is 1.79 bits per heavy atom. The largest absolute Gasteiger partial charge is 0.383 e. The first kappa shape index (κ1) is 10.2. The molecule has 2 aliphatic rings. The predicted molar refractivity (Wildman–Crippen MR) is 57.9 cm³/mol. The van der Waals surface area contributed by atoms with E-state index in [4.69, 9.17) is 10.5 Å². The first-order chi connectivity index (χ1) is 6.81. The van der Waals surface area contributed by atoms with Crippen LogP contribution in [0, 0.1) is 17.8 Å². The molecule has 0 saturated heterocycles. The molecule has 0 radical (unpaired) electrons. The van der Waals surface area contributed by atoms with Gasteiger partial charge in [-0.3, -0.25) is 0 Å². The van der Waals surface area contributed by atoms with Crippen LogP contribution in [0.2, 0.25) is 0 Å². The number of hydrogen-bond donors (Lipinski definition) is 1. The average Bonchev–Trinajstić information content (AvgIpc) is 3.01. The summed E-state index contributed by atoms with van der Waals surface area (Å²) in [6, 6.07) is 0.0833. The van der Waals surface area contributed by atoms with Crippen molar-refractivity contribution in [1.29, 1.82) is 0 Å². The lowest BCUT2D eigenvalue weighted by atomic mass is 9.97. The van der Waals surface area contributed by atoms with E-state index in [0.29, 0.717) is 6.61 Å². The minimum atomic E-state index is 0.0833. The summed E-state index contributed by atoms with van der Waals surface area (Å²) in [5, 5.41) is 0. The summed E-state index contributed by atoms with van der Waals surface area (Å²) in [4.78, 5) is 0. The third-order valence-corrected chi connectivity index (χ3v) is 3.27. The SMILES string of the molecule is COCC(N)/C=C/C(C1CC1)C1CC1. The Balaban J connectivity index is 1.79. The molecule has 1 atom stereocenters. The van der Waals surface area contributed by atoms with Gasteiger partial charge in [-0.15, -0.1) is 0 Å². The predicted octanol–water partition coefficient (Wildman–Crippen LogP) is 1.95. The van der Waals surface area contributed by atoms with Crippen molar-refractivity contribution >= 4 is 0 Å². The molecule has 2 rings (SSSR count). The van der Waals surface area contributed by atoms with Crippen LogP contribution in [0.25, 0.3) is 0 Å². The third kappa shape index (κ3) is 2.82. The summed E-state index contributed by atoms with van der Waals surface area (Å²) >= 11 is 0. The zero-order valence-corrected chi connectivity index (χ0v) is 8.99. The smallest absolute Gasteiger partial charge is 0.0649 e. The van der Waals surface area contributed by atoms with E-state index in [1.165, 1.54) is 25.7 Å². The molecular formula is C12H21NO. The summed E-state index contributed by atoms with van der Waals surface area (Å²) in [5.41, 5.74) is 5.86. The van der Waals surface area contributed by atoms with E-state index in [2.05, 4.69) is 12.2 Å². The van der Waals surface area contributed by atoms with Gasteiger partial charge in [0.2, 0.25) is 0 Å². The Morgan fingerprint density at radius 1 is 1.21 bits per heavy atom. The first-order valence-corrected chi connectivity index (χ1v) is 5.74. The second-order valence-corrected chi connectivity index (χ2v) is 4.76. The Hall–Kier alpha value is -0.340. The maximum absolute atomic E-state index is 5.86. The highest BCUT2D eigenvalue weighted by Gasteiger charge is 2.39. The molecule has 2 heteroatoms. The van der Waals surface area contributed by atoms with E-state index in [9.17, 15) is 0 Å². The van der Waals surface area contributed by atoms with Crippen LogP contribution in [0.4, 0.5) is 0 Å². The molecule has 0 amide bonds. The van der Waals surface area contributed by atoms with E-state index in [1.807, 2.05) is 0 Å². The van der Waals surface area contributed by atoms with Crippen molar-refractivity contribution in [3.8, 4) is 0 Å². The number of ether oxygens (including phenoxy) is 1. The van der Waals surface area contributed by atoms with Crippen LogP contribution in [0.3, 0.4) is 0 Å². The van der Waals surface area contributed by atoms with E-state index >= 15 is 0 Å². The second-order valence-electron chi connectivity index (χ2n) is 4.76. The van der Waals surface area contributed by atoms with Crippen LogP contribution in [-0.4, -0.2) is 19.8 Å². The fourth-order valence-corrected chi connectivity index (χ4v) is 2.18. The quantitative estimate of drug-likeness (QED) is 0.657. The second kappa shape index (κ2) is 4.45. The van der Waals surface area contributed by atoms with Crippen LogP contribution < -0.4 is 5.73 Å². The van der Waals surface area contributed by atoms with Crippen molar-refractivity contribution in [2.45, 2.75) is 31.7 Å². The molecule has 2 N–H and O–H groups in total. The summed E-state index contributed by atoms with van der Waals surface area (Å²) in [6.07, 6.45) is 10.2. The number of nitrogens with two attached hydrogens (primary N) is 1. The van der Waals surface area contributed by atoms with E-state index < -0.39 is 0 Å². The normalized spacial score (nSPS) is 24.8. The molecular weight excluding hydrogens is 174 g/mol. The molecule has 0 bridgehead atoms. The summed E-state index contributed by atoms with van der Waals surface area (Å²) in [6.45, 7) is 0.637. The van der Waals surface area contributed by atoms with Gasteiger partial charge >= 0.3 is 0 Å². The number of hydrogen-bond acceptors (Lipinski definition) is 2. The van der Waals surface area contributed by atoms with Crippen molar-refractivity contribution in [3.05, 3.63) is 12.2 Å². The molecule has 2 saturated carbocycles. The Kier molecular flexibility index (Phi) is 3.24. The van der Waals surface area contributed by atoms with Crippen LogP contribution in [-0.2, 0) is 4.74 Å². The maximum Gasteiger partial charge on any atom is 0.0649 e. The highest BCUT2D eigenvalue weighted by atomic mass is 16.5. The van der Waals surface area contributed by atoms with Crippen LogP contribution in [0.5, 0.6) is 0 Å². The van der Waals surface area contributed by atoms with Gasteiger partial charge in [-0.1, -0.05) is 12.2 Å². The van der Waals surface area contributed by atoms with Gasteiger partial charge in [0.1, 0.15) is 0 Å². The van der Waals surface area contributed by atoms with Crippen LogP contribution >= 0.6 is 0 Å². The summed E-state index contributed by atoms with van der Waals surface area (Å²) in [5.74, 6) is 2.79. The maximum atomic E-state index is 5.86. The fourth-order valence-electron chi connectivity index (χ4n) is 2.18. The van der Waals surface area contributed by atoms with Crippen molar-refractivity contribution in [2.24, 2.45) is 23.5 Å². The van der Waals surface area contributed by atoms with Gasteiger partial charge in [-0.2, -0.15) is 0 Å². The minimum absolute atomic E-state index is 0.0833. The van der Waals surface area contributed by atoms with Crippen molar-refractivity contribution in [3.63, 3.8) is 0 Å². The first-order valence-electron chi connectivity index (χ1n) is 5.74. The van der Waals surface area contributed by atoms with Crippen molar-refractivity contribution in [2.75, 3.05) is 13.7 Å². The molecule has 0 aliphatic heterocycles. The number of allylic oxidation sites excluding steroid dienone is 1. The van der Waals surface area contributed by atoms with Gasteiger partial charge < -0.3 is 10.5 Å². The number of rotatable bonds is 6. The zero-order valence-electron chi connectivity index (χ0n) is 8.99. The van der Waals surface area contributed by atoms with Gasteiger partial charge in [0.25, 0.3) is 0 Å². The van der Waals surface area contributed by atoms with Gasteiger partial charge in [0.15, 0.2) is 0 Å². The third-order valence-electron chi connectivity index (χ3n) is 3.27. The van der Waals surface area contributed by atoms with E-state index in [-0.39, 0.29) is 6.04 Å². The minimum Gasteiger partial charge on any atom is -0.383 e. The molecule has 2 fully saturated rings. The lowest BCUT2D eigenvalue weighted by Gasteiger charge is -2.11. The highest BCUT2D eigenvalue weighted by Crippen LogP contribution is 2.49. The fraction of sp³-hybridized carbons (Fsp3) is 0.833. The van der Waals surface area contributed by atoms with Gasteiger partial charge in [0, 0.05) is 13.2 Å². The molecule has 1 unspecified atom stereocenters.